The second-order valence-electron chi connectivity index (χ2n) is 4.28. The number of halogens is 1. The van der Waals surface area contributed by atoms with Crippen LogP contribution in [-0.2, 0) is 4.74 Å². The minimum Gasteiger partial charge on any atom is -0.465 e. The van der Waals surface area contributed by atoms with E-state index in [1.807, 2.05) is 20.1 Å². The number of aromatic nitrogens is 3. The standard InChI is InChI=1S/C12H14ClN3O2S/c1-6(2)9-7(11(17)18-3)5-8-10(13)14-12(19-4)15-16(8)9/h5-6H,1-4H3. The highest BCUT2D eigenvalue weighted by atomic mass is 35.5. The van der Waals surface area contributed by atoms with E-state index in [-0.39, 0.29) is 5.92 Å². The van der Waals surface area contributed by atoms with E-state index in [9.17, 15) is 4.79 Å². The van der Waals surface area contributed by atoms with Crippen molar-refractivity contribution < 1.29 is 9.53 Å². The lowest BCUT2D eigenvalue weighted by Gasteiger charge is -2.08. The van der Waals surface area contributed by atoms with Gasteiger partial charge in [0.05, 0.1) is 18.4 Å². The van der Waals surface area contributed by atoms with E-state index in [0.29, 0.717) is 21.4 Å². The van der Waals surface area contributed by atoms with Gasteiger partial charge in [-0.2, -0.15) is 0 Å². The lowest BCUT2D eigenvalue weighted by molar-refractivity contribution is 0.0599. The van der Waals surface area contributed by atoms with Gasteiger partial charge in [-0.1, -0.05) is 37.2 Å². The van der Waals surface area contributed by atoms with Gasteiger partial charge >= 0.3 is 5.97 Å². The summed E-state index contributed by atoms with van der Waals surface area (Å²) in [6.07, 6.45) is 1.87. The van der Waals surface area contributed by atoms with Gasteiger partial charge in [0, 0.05) is 0 Å². The molecule has 0 atom stereocenters. The molecule has 0 bridgehead atoms. The Morgan fingerprint density at radius 2 is 2.21 bits per heavy atom. The zero-order chi connectivity index (χ0) is 14.2. The maximum absolute atomic E-state index is 11.8. The lowest BCUT2D eigenvalue weighted by atomic mass is 10.1. The molecule has 2 rings (SSSR count). The highest BCUT2D eigenvalue weighted by Crippen LogP contribution is 2.28. The molecule has 2 aromatic heterocycles. The van der Waals surface area contributed by atoms with Crippen LogP contribution in [0, 0.1) is 0 Å². The number of hydrogen-bond acceptors (Lipinski definition) is 5. The number of carbonyl (C=O) groups excluding carboxylic acids is 1. The fourth-order valence-electron chi connectivity index (χ4n) is 1.93. The van der Waals surface area contributed by atoms with Gasteiger partial charge in [-0.3, -0.25) is 0 Å². The monoisotopic (exact) mass is 299 g/mol. The van der Waals surface area contributed by atoms with Crippen LogP contribution in [0.1, 0.15) is 35.8 Å². The molecule has 0 aliphatic heterocycles. The predicted molar refractivity (Wildman–Crippen MR) is 75.2 cm³/mol. The molecule has 0 radical (unpaired) electrons. The van der Waals surface area contributed by atoms with E-state index in [2.05, 4.69) is 10.1 Å². The highest BCUT2D eigenvalue weighted by Gasteiger charge is 2.22. The van der Waals surface area contributed by atoms with Crippen LogP contribution in [-0.4, -0.2) is 33.9 Å². The second-order valence-corrected chi connectivity index (χ2v) is 5.41. The zero-order valence-corrected chi connectivity index (χ0v) is 12.7. The summed E-state index contributed by atoms with van der Waals surface area (Å²) in [5.41, 5.74) is 1.87. The summed E-state index contributed by atoms with van der Waals surface area (Å²) >= 11 is 7.54. The molecule has 0 unspecified atom stereocenters. The third-order valence-electron chi connectivity index (χ3n) is 2.74. The maximum Gasteiger partial charge on any atom is 0.339 e. The average Bonchev–Trinajstić information content (AvgIpc) is 2.77. The van der Waals surface area contributed by atoms with Gasteiger partial charge in [0.2, 0.25) is 5.16 Å². The number of nitrogens with zero attached hydrogens (tertiary/aromatic N) is 3. The number of methoxy groups -OCH3 is 1. The second kappa shape index (κ2) is 5.38. The predicted octanol–water partition coefficient (Wildman–Crippen LogP) is 3.01. The van der Waals surface area contributed by atoms with E-state index in [1.54, 1.807) is 10.6 Å². The van der Waals surface area contributed by atoms with Crippen LogP contribution in [0.15, 0.2) is 11.2 Å². The van der Waals surface area contributed by atoms with Crippen molar-refractivity contribution >= 4 is 34.8 Å². The first-order valence-corrected chi connectivity index (χ1v) is 7.31. The van der Waals surface area contributed by atoms with E-state index < -0.39 is 5.97 Å². The van der Waals surface area contributed by atoms with Crippen molar-refractivity contribution in [3.8, 4) is 0 Å². The number of hydrogen-bond donors (Lipinski definition) is 0. The molecule has 2 heterocycles. The van der Waals surface area contributed by atoms with Gasteiger partial charge in [0.15, 0.2) is 5.15 Å². The van der Waals surface area contributed by atoms with E-state index in [0.717, 1.165) is 5.69 Å². The Morgan fingerprint density at radius 1 is 1.53 bits per heavy atom. The molecule has 0 aliphatic rings. The first-order valence-electron chi connectivity index (χ1n) is 5.71. The summed E-state index contributed by atoms with van der Waals surface area (Å²) < 4.78 is 6.48. The molecule has 0 spiro atoms. The Morgan fingerprint density at radius 3 is 2.74 bits per heavy atom. The molecule has 19 heavy (non-hydrogen) atoms. The van der Waals surface area contributed by atoms with E-state index in [4.69, 9.17) is 16.3 Å². The number of rotatable bonds is 3. The third-order valence-corrected chi connectivity index (χ3v) is 3.56. The molecule has 102 valence electrons. The van der Waals surface area contributed by atoms with Crippen LogP contribution in [0.4, 0.5) is 0 Å². The number of ether oxygens (including phenoxy) is 1. The van der Waals surface area contributed by atoms with Crippen molar-refractivity contribution in [3.63, 3.8) is 0 Å². The van der Waals surface area contributed by atoms with Gasteiger partial charge in [0.25, 0.3) is 0 Å². The molecule has 7 heteroatoms. The number of esters is 1. The molecule has 5 nitrogen and oxygen atoms in total. The van der Waals surface area contributed by atoms with Crippen molar-refractivity contribution in [1.29, 1.82) is 0 Å². The van der Waals surface area contributed by atoms with Crippen LogP contribution in [0.3, 0.4) is 0 Å². The van der Waals surface area contributed by atoms with Gasteiger partial charge in [-0.05, 0) is 18.2 Å². The number of thioether (sulfide) groups is 1. The van der Waals surface area contributed by atoms with Crippen molar-refractivity contribution in [2.24, 2.45) is 0 Å². The summed E-state index contributed by atoms with van der Waals surface area (Å²) in [6, 6.07) is 1.67. The summed E-state index contributed by atoms with van der Waals surface area (Å²) in [5, 5.41) is 5.28. The minimum atomic E-state index is -0.393. The van der Waals surface area contributed by atoms with Crippen LogP contribution < -0.4 is 0 Å². The Hall–Kier alpha value is -1.27. The van der Waals surface area contributed by atoms with Crippen molar-refractivity contribution in [3.05, 3.63) is 22.5 Å². The van der Waals surface area contributed by atoms with Gasteiger partial charge in [0.1, 0.15) is 5.52 Å². The molecule has 0 saturated heterocycles. The summed E-state index contributed by atoms with van der Waals surface area (Å²) in [4.78, 5) is 16.0. The lowest BCUT2D eigenvalue weighted by Crippen LogP contribution is -2.08. The minimum absolute atomic E-state index is 0.109. The molecule has 0 aliphatic carbocycles. The Labute approximate surface area is 120 Å². The van der Waals surface area contributed by atoms with Crippen molar-refractivity contribution in [1.82, 2.24) is 14.6 Å². The summed E-state index contributed by atoms with van der Waals surface area (Å²) in [7, 11) is 1.36. The van der Waals surface area contributed by atoms with Gasteiger partial charge in [-0.25, -0.2) is 14.3 Å². The molecular formula is C12H14ClN3O2S. The van der Waals surface area contributed by atoms with Gasteiger partial charge in [-0.15, -0.1) is 5.10 Å². The Balaban J connectivity index is 2.81. The first-order chi connectivity index (χ1) is 8.99. The van der Waals surface area contributed by atoms with Crippen LogP contribution in [0.5, 0.6) is 0 Å². The third kappa shape index (κ3) is 2.42. The highest BCUT2D eigenvalue weighted by molar-refractivity contribution is 7.98. The summed E-state index contributed by atoms with van der Waals surface area (Å²) in [5.74, 6) is -0.284. The van der Waals surface area contributed by atoms with Crippen LogP contribution in [0.2, 0.25) is 5.15 Å². The molecule has 0 saturated carbocycles. The average molecular weight is 300 g/mol. The quantitative estimate of drug-likeness (QED) is 0.644. The van der Waals surface area contributed by atoms with E-state index >= 15 is 0 Å². The van der Waals surface area contributed by atoms with Crippen LogP contribution in [0.25, 0.3) is 5.52 Å². The number of carbonyl (C=O) groups is 1. The number of fused-ring (bicyclic) bond motifs is 1. The maximum atomic E-state index is 11.8. The normalized spacial score (nSPS) is 11.3. The summed E-state index contributed by atoms with van der Waals surface area (Å²) in [6.45, 7) is 3.98. The van der Waals surface area contributed by atoms with Crippen LogP contribution >= 0.6 is 23.4 Å². The smallest absolute Gasteiger partial charge is 0.339 e. The SMILES string of the molecule is COC(=O)c1cc2c(Cl)nc(SC)nn2c1C(C)C. The Bertz CT molecular complexity index is 639. The zero-order valence-electron chi connectivity index (χ0n) is 11.1. The van der Waals surface area contributed by atoms with Gasteiger partial charge < -0.3 is 4.74 Å². The van der Waals surface area contributed by atoms with Crippen molar-refractivity contribution in [2.45, 2.75) is 24.9 Å². The molecule has 0 amide bonds. The molecule has 0 N–H and O–H groups in total. The fourth-order valence-corrected chi connectivity index (χ4v) is 2.55. The molecule has 0 fully saturated rings. The fraction of sp³-hybridized carbons (Fsp3) is 0.417. The topological polar surface area (TPSA) is 56.5 Å². The molecule has 0 aromatic carbocycles. The van der Waals surface area contributed by atoms with Crippen molar-refractivity contribution in [2.75, 3.05) is 13.4 Å². The molecular weight excluding hydrogens is 286 g/mol. The first kappa shape index (κ1) is 14.1. The molecule has 2 aromatic rings. The largest absolute Gasteiger partial charge is 0.465 e. The van der Waals surface area contributed by atoms with E-state index in [1.165, 1.54) is 18.9 Å². The Kier molecular flexibility index (Phi) is 4.01.